The van der Waals surface area contributed by atoms with Gasteiger partial charge in [0.25, 0.3) is 0 Å². The van der Waals surface area contributed by atoms with E-state index in [9.17, 15) is 4.79 Å². The van der Waals surface area contributed by atoms with Gasteiger partial charge in [-0.1, -0.05) is 13.3 Å². The molecule has 2 N–H and O–H groups in total. The number of amides is 1. The Morgan fingerprint density at radius 2 is 2.38 bits per heavy atom. The van der Waals surface area contributed by atoms with E-state index in [0.717, 1.165) is 25.9 Å². The standard InChI is InChI=1S/C9H18N2O2/c1-3-4-9(2)7-10-5-6-11(9)8(12)13/h10H,3-7H2,1-2H3,(H,12,13)/t9-/m0/s1. The van der Waals surface area contributed by atoms with Crippen LogP contribution in [0.3, 0.4) is 0 Å². The quantitative estimate of drug-likeness (QED) is 0.679. The van der Waals surface area contributed by atoms with Crippen LogP contribution in [-0.4, -0.2) is 41.3 Å². The molecule has 0 bridgehead atoms. The Morgan fingerprint density at radius 3 is 2.92 bits per heavy atom. The first-order valence-corrected chi connectivity index (χ1v) is 4.81. The second-order valence-electron chi connectivity index (χ2n) is 3.86. The summed E-state index contributed by atoms with van der Waals surface area (Å²) in [5.74, 6) is 0. The third-order valence-electron chi connectivity index (χ3n) is 2.69. The zero-order valence-electron chi connectivity index (χ0n) is 8.34. The van der Waals surface area contributed by atoms with E-state index in [1.807, 2.05) is 6.92 Å². The molecule has 1 rings (SSSR count). The van der Waals surface area contributed by atoms with Gasteiger partial charge in [0.15, 0.2) is 0 Å². The van der Waals surface area contributed by atoms with Crippen LogP contribution in [0, 0.1) is 0 Å². The minimum atomic E-state index is -0.794. The molecule has 0 spiro atoms. The lowest BCUT2D eigenvalue weighted by Crippen LogP contribution is -2.61. The fourth-order valence-corrected chi connectivity index (χ4v) is 2.00. The molecule has 1 amide bonds. The molecule has 0 aromatic rings. The molecule has 0 radical (unpaired) electrons. The average Bonchev–Trinajstić information content (AvgIpc) is 2.04. The highest BCUT2D eigenvalue weighted by molar-refractivity contribution is 5.66. The molecule has 4 nitrogen and oxygen atoms in total. The molecule has 0 aliphatic carbocycles. The highest BCUT2D eigenvalue weighted by atomic mass is 16.4. The lowest BCUT2D eigenvalue weighted by molar-refractivity contribution is 0.0613. The molecule has 0 aromatic heterocycles. The summed E-state index contributed by atoms with van der Waals surface area (Å²) in [6, 6.07) is 0. The van der Waals surface area contributed by atoms with E-state index in [-0.39, 0.29) is 5.54 Å². The minimum absolute atomic E-state index is 0.209. The summed E-state index contributed by atoms with van der Waals surface area (Å²) < 4.78 is 0. The van der Waals surface area contributed by atoms with Crippen LogP contribution in [0.2, 0.25) is 0 Å². The van der Waals surface area contributed by atoms with Crippen molar-refractivity contribution in [3.05, 3.63) is 0 Å². The molecular formula is C9H18N2O2. The molecule has 1 fully saturated rings. The van der Waals surface area contributed by atoms with Crippen molar-refractivity contribution in [2.45, 2.75) is 32.2 Å². The number of piperazine rings is 1. The first-order valence-electron chi connectivity index (χ1n) is 4.81. The van der Waals surface area contributed by atoms with Gasteiger partial charge in [-0.25, -0.2) is 4.79 Å². The summed E-state index contributed by atoms with van der Waals surface area (Å²) in [4.78, 5) is 12.5. The van der Waals surface area contributed by atoms with E-state index in [4.69, 9.17) is 5.11 Å². The summed E-state index contributed by atoms with van der Waals surface area (Å²) in [6.45, 7) is 6.24. The molecule has 1 heterocycles. The predicted octanol–water partition coefficient (Wildman–Crippen LogP) is 1.13. The number of nitrogens with zero attached hydrogens (tertiary/aromatic N) is 1. The van der Waals surface area contributed by atoms with Crippen LogP contribution in [0.25, 0.3) is 0 Å². The second kappa shape index (κ2) is 3.96. The Balaban J connectivity index is 2.70. The maximum Gasteiger partial charge on any atom is 0.407 e. The number of hydrogen-bond acceptors (Lipinski definition) is 2. The SMILES string of the molecule is CCC[C@@]1(C)CNCCN1C(=O)O. The van der Waals surface area contributed by atoms with E-state index < -0.39 is 6.09 Å². The average molecular weight is 186 g/mol. The van der Waals surface area contributed by atoms with Crippen molar-refractivity contribution in [3.63, 3.8) is 0 Å². The van der Waals surface area contributed by atoms with Crippen LogP contribution in [-0.2, 0) is 0 Å². The maximum absolute atomic E-state index is 10.9. The van der Waals surface area contributed by atoms with Crippen LogP contribution in [0.4, 0.5) is 4.79 Å². The van der Waals surface area contributed by atoms with Crippen molar-refractivity contribution >= 4 is 6.09 Å². The Kier molecular flexibility index (Phi) is 3.14. The van der Waals surface area contributed by atoms with Crippen LogP contribution < -0.4 is 5.32 Å². The van der Waals surface area contributed by atoms with Crippen LogP contribution in [0.15, 0.2) is 0 Å². The maximum atomic E-state index is 10.9. The van der Waals surface area contributed by atoms with Crippen molar-refractivity contribution in [3.8, 4) is 0 Å². The van der Waals surface area contributed by atoms with Gasteiger partial charge in [0.05, 0.1) is 5.54 Å². The van der Waals surface area contributed by atoms with Crippen molar-refractivity contribution in [1.29, 1.82) is 0 Å². The number of carbonyl (C=O) groups is 1. The molecule has 1 atom stereocenters. The summed E-state index contributed by atoms with van der Waals surface area (Å²) in [5, 5.41) is 12.2. The molecule has 1 aliphatic rings. The Hall–Kier alpha value is -0.770. The van der Waals surface area contributed by atoms with Crippen molar-refractivity contribution in [1.82, 2.24) is 10.2 Å². The van der Waals surface area contributed by atoms with Gasteiger partial charge in [0.2, 0.25) is 0 Å². The van der Waals surface area contributed by atoms with Gasteiger partial charge in [0.1, 0.15) is 0 Å². The van der Waals surface area contributed by atoms with Gasteiger partial charge in [-0.05, 0) is 13.3 Å². The van der Waals surface area contributed by atoms with Crippen LogP contribution in [0.1, 0.15) is 26.7 Å². The van der Waals surface area contributed by atoms with E-state index in [2.05, 4.69) is 12.2 Å². The molecule has 13 heavy (non-hydrogen) atoms. The normalized spacial score (nSPS) is 28.9. The third kappa shape index (κ3) is 2.12. The Labute approximate surface area is 78.9 Å². The van der Waals surface area contributed by atoms with Gasteiger partial charge < -0.3 is 15.3 Å². The number of hydrogen-bond donors (Lipinski definition) is 2. The van der Waals surface area contributed by atoms with Gasteiger partial charge in [-0.3, -0.25) is 0 Å². The van der Waals surface area contributed by atoms with Gasteiger partial charge >= 0.3 is 6.09 Å². The predicted molar refractivity (Wildman–Crippen MR) is 50.9 cm³/mol. The first kappa shape index (κ1) is 10.3. The van der Waals surface area contributed by atoms with Gasteiger partial charge in [0, 0.05) is 19.6 Å². The molecule has 0 aromatic carbocycles. The second-order valence-corrected chi connectivity index (χ2v) is 3.86. The molecule has 0 unspecified atom stereocenters. The van der Waals surface area contributed by atoms with E-state index in [1.54, 1.807) is 4.90 Å². The lowest BCUT2D eigenvalue weighted by atomic mass is 9.92. The molecular weight excluding hydrogens is 168 g/mol. The number of carboxylic acid groups (broad SMARTS) is 1. The van der Waals surface area contributed by atoms with Crippen LogP contribution in [0.5, 0.6) is 0 Å². The topological polar surface area (TPSA) is 52.6 Å². The summed E-state index contributed by atoms with van der Waals surface area (Å²) in [7, 11) is 0. The minimum Gasteiger partial charge on any atom is -0.465 e. The van der Waals surface area contributed by atoms with Crippen molar-refractivity contribution < 1.29 is 9.90 Å². The van der Waals surface area contributed by atoms with Crippen molar-refractivity contribution in [2.75, 3.05) is 19.6 Å². The molecule has 76 valence electrons. The van der Waals surface area contributed by atoms with E-state index >= 15 is 0 Å². The van der Waals surface area contributed by atoms with Crippen molar-refractivity contribution in [2.24, 2.45) is 0 Å². The molecule has 0 saturated carbocycles. The first-order chi connectivity index (χ1) is 6.10. The van der Waals surface area contributed by atoms with E-state index in [1.165, 1.54) is 0 Å². The molecule has 1 saturated heterocycles. The highest BCUT2D eigenvalue weighted by Crippen LogP contribution is 2.22. The largest absolute Gasteiger partial charge is 0.465 e. The smallest absolute Gasteiger partial charge is 0.407 e. The highest BCUT2D eigenvalue weighted by Gasteiger charge is 2.36. The Morgan fingerprint density at radius 1 is 1.69 bits per heavy atom. The zero-order chi connectivity index (χ0) is 9.90. The fraction of sp³-hybridized carbons (Fsp3) is 0.889. The van der Waals surface area contributed by atoms with Crippen LogP contribution >= 0.6 is 0 Å². The third-order valence-corrected chi connectivity index (χ3v) is 2.69. The molecule has 1 aliphatic heterocycles. The zero-order valence-corrected chi connectivity index (χ0v) is 8.34. The number of nitrogens with one attached hydrogen (secondary N) is 1. The summed E-state index contributed by atoms with van der Waals surface area (Å²) >= 11 is 0. The summed E-state index contributed by atoms with van der Waals surface area (Å²) in [6.07, 6.45) is 1.14. The van der Waals surface area contributed by atoms with Gasteiger partial charge in [-0.15, -0.1) is 0 Å². The van der Waals surface area contributed by atoms with E-state index in [0.29, 0.717) is 6.54 Å². The fourth-order valence-electron chi connectivity index (χ4n) is 2.00. The monoisotopic (exact) mass is 186 g/mol. The number of rotatable bonds is 2. The van der Waals surface area contributed by atoms with Gasteiger partial charge in [-0.2, -0.15) is 0 Å². The Bertz CT molecular complexity index is 192. The molecule has 4 heteroatoms. The lowest BCUT2D eigenvalue weighted by Gasteiger charge is -2.43. The summed E-state index contributed by atoms with van der Waals surface area (Å²) in [5.41, 5.74) is -0.209.